The van der Waals surface area contributed by atoms with Gasteiger partial charge in [-0.1, -0.05) is 42.9 Å². The number of rotatable bonds is 8. The van der Waals surface area contributed by atoms with Crippen LogP contribution in [0.4, 0.5) is 11.5 Å². The number of benzene rings is 2. The van der Waals surface area contributed by atoms with Crippen molar-refractivity contribution in [3.05, 3.63) is 91.0 Å². The molecule has 0 spiro atoms. The second kappa shape index (κ2) is 9.08. The van der Waals surface area contributed by atoms with Crippen LogP contribution in [0.25, 0.3) is 0 Å². The number of allylic oxidation sites excluding steroid dienone is 1. The van der Waals surface area contributed by atoms with Crippen molar-refractivity contribution in [2.24, 2.45) is 0 Å². The molecule has 0 aliphatic heterocycles. The molecule has 0 amide bonds. The zero-order valence-electron chi connectivity index (χ0n) is 16.5. The van der Waals surface area contributed by atoms with E-state index in [4.69, 9.17) is 4.74 Å². The number of anilines is 2. The third kappa shape index (κ3) is 5.70. The standard InChI is InChI=1S/C22H23BN4O2/c1-14(2)26-20-12-21(25-13-24-20)29-19-10-8-18(9-11-19)27-15(3)22(28)16-4-6-17(23)7-5-16/h4-13,22,27-28H,1,3,23H2,2H3,(H,24,25,26). The van der Waals surface area contributed by atoms with Gasteiger partial charge in [0.15, 0.2) is 0 Å². The van der Waals surface area contributed by atoms with Gasteiger partial charge < -0.3 is 20.5 Å². The van der Waals surface area contributed by atoms with Gasteiger partial charge in [0.1, 0.15) is 31.8 Å². The smallest absolute Gasteiger partial charge is 0.224 e. The Bertz CT molecular complexity index is 1000. The number of nitrogens with zero attached hydrogens (tertiary/aromatic N) is 2. The molecule has 0 radical (unpaired) electrons. The number of aliphatic hydroxyl groups is 1. The predicted molar refractivity (Wildman–Crippen MR) is 119 cm³/mol. The highest BCUT2D eigenvalue weighted by molar-refractivity contribution is 6.32. The van der Waals surface area contributed by atoms with Crippen LogP contribution in [-0.2, 0) is 0 Å². The van der Waals surface area contributed by atoms with Crippen molar-refractivity contribution in [3.63, 3.8) is 0 Å². The average Bonchev–Trinajstić information content (AvgIpc) is 2.69. The van der Waals surface area contributed by atoms with Crippen LogP contribution >= 0.6 is 0 Å². The van der Waals surface area contributed by atoms with E-state index in [0.717, 1.165) is 22.4 Å². The molecule has 0 saturated carbocycles. The van der Waals surface area contributed by atoms with Gasteiger partial charge in [-0.25, -0.2) is 9.97 Å². The Labute approximate surface area is 171 Å². The molecule has 3 N–H and O–H groups in total. The normalized spacial score (nSPS) is 11.4. The van der Waals surface area contributed by atoms with Gasteiger partial charge >= 0.3 is 0 Å². The molecule has 2 aromatic carbocycles. The Kier molecular flexibility index (Phi) is 6.31. The van der Waals surface area contributed by atoms with Gasteiger partial charge in [-0.05, 0) is 36.8 Å². The molecule has 0 aliphatic carbocycles. The van der Waals surface area contributed by atoms with Gasteiger partial charge in [0, 0.05) is 23.1 Å². The van der Waals surface area contributed by atoms with Crippen molar-refractivity contribution >= 4 is 24.8 Å². The van der Waals surface area contributed by atoms with Gasteiger partial charge in [-0.15, -0.1) is 0 Å². The lowest BCUT2D eigenvalue weighted by Crippen LogP contribution is -2.10. The fourth-order valence-corrected chi connectivity index (χ4v) is 2.61. The first-order valence-electron chi connectivity index (χ1n) is 9.13. The van der Waals surface area contributed by atoms with Crippen LogP contribution in [0, 0.1) is 0 Å². The summed E-state index contributed by atoms with van der Waals surface area (Å²) in [6.07, 6.45) is 0.624. The summed E-state index contributed by atoms with van der Waals surface area (Å²) in [5, 5.41) is 16.6. The number of hydrogen-bond acceptors (Lipinski definition) is 6. The highest BCUT2D eigenvalue weighted by Gasteiger charge is 2.11. The summed E-state index contributed by atoms with van der Waals surface area (Å²) in [5.74, 6) is 1.66. The fraction of sp³-hybridized carbons (Fsp3) is 0.0909. The molecule has 0 fully saturated rings. The van der Waals surface area contributed by atoms with Crippen LogP contribution in [0.2, 0.25) is 0 Å². The molecule has 1 heterocycles. The Morgan fingerprint density at radius 1 is 1.03 bits per heavy atom. The lowest BCUT2D eigenvalue weighted by molar-refractivity contribution is 0.217. The Hall–Kier alpha value is -3.58. The van der Waals surface area contributed by atoms with E-state index in [-0.39, 0.29) is 0 Å². The molecule has 1 unspecified atom stereocenters. The molecule has 1 atom stereocenters. The van der Waals surface area contributed by atoms with Crippen molar-refractivity contribution in [3.8, 4) is 11.6 Å². The van der Waals surface area contributed by atoms with Crippen LogP contribution in [0.1, 0.15) is 18.6 Å². The van der Waals surface area contributed by atoms with Crippen molar-refractivity contribution in [2.75, 3.05) is 10.6 Å². The third-order valence-electron chi connectivity index (χ3n) is 4.09. The van der Waals surface area contributed by atoms with Crippen LogP contribution in [0.3, 0.4) is 0 Å². The molecule has 1 aromatic heterocycles. The van der Waals surface area contributed by atoms with Crippen molar-refractivity contribution in [1.82, 2.24) is 9.97 Å². The average molecular weight is 386 g/mol. The predicted octanol–water partition coefficient (Wildman–Crippen LogP) is 3.13. The first-order valence-corrected chi connectivity index (χ1v) is 9.13. The number of hydrogen-bond donors (Lipinski definition) is 3. The summed E-state index contributed by atoms with van der Waals surface area (Å²) in [7, 11) is 2.01. The van der Waals surface area contributed by atoms with E-state index in [2.05, 4.69) is 33.8 Å². The molecule has 0 bridgehead atoms. The van der Waals surface area contributed by atoms with Gasteiger partial charge in [0.05, 0.1) is 0 Å². The lowest BCUT2D eigenvalue weighted by atomic mass is 9.94. The zero-order valence-corrected chi connectivity index (χ0v) is 16.5. The topological polar surface area (TPSA) is 79.3 Å². The second-order valence-corrected chi connectivity index (χ2v) is 6.74. The van der Waals surface area contributed by atoms with E-state index in [9.17, 15) is 5.11 Å². The molecule has 29 heavy (non-hydrogen) atoms. The highest BCUT2D eigenvalue weighted by atomic mass is 16.5. The van der Waals surface area contributed by atoms with Gasteiger partial charge in [0.2, 0.25) is 5.88 Å². The van der Waals surface area contributed by atoms with Crippen LogP contribution < -0.4 is 20.8 Å². The maximum Gasteiger partial charge on any atom is 0.224 e. The first-order chi connectivity index (χ1) is 13.9. The third-order valence-corrected chi connectivity index (χ3v) is 4.09. The van der Waals surface area contributed by atoms with E-state index in [0.29, 0.717) is 23.1 Å². The number of aromatic nitrogens is 2. The van der Waals surface area contributed by atoms with Gasteiger partial charge in [-0.2, -0.15) is 0 Å². The zero-order chi connectivity index (χ0) is 20.8. The summed E-state index contributed by atoms with van der Waals surface area (Å²) in [6.45, 7) is 9.58. The minimum absolute atomic E-state index is 0.420. The molecule has 0 aliphatic rings. The van der Waals surface area contributed by atoms with Gasteiger partial charge in [-0.3, -0.25) is 0 Å². The SMILES string of the molecule is Bc1ccc(C(O)C(=C)Nc2ccc(Oc3cc(NC(=C)C)ncn3)cc2)cc1. The maximum atomic E-state index is 10.5. The highest BCUT2D eigenvalue weighted by Crippen LogP contribution is 2.25. The monoisotopic (exact) mass is 386 g/mol. The molecule has 3 rings (SSSR count). The van der Waals surface area contributed by atoms with Crippen molar-refractivity contribution in [2.45, 2.75) is 13.0 Å². The summed E-state index contributed by atoms with van der Waals surface area (Å²) < 4.78 is 5.77. The lowest BCUT2D eigenvalue weighted by Gasteiger charge is -2.17. The van der Waals surface area contributed by atoms with Crippen LogP contribution in [-0.4, -0.2) is 22.9 Å². The fourth-order valence-electron chi connectivity index (χ4n) is 2.61. The molecule has 3 aromatic rings. The quantitative estimate of drug-likeness (QED) is 0.517. The molecular weight excluding hydrogens is 363 g/mol. The van der Waals surface area contributed by atoms with Crippen molar-refractivity contribution in [1.29, 1.82) is 0 Å². The Balaban J connectivity index is 1.62. The minimum Gasteiger partial charge on any atom is -0.439 e. The van der Waals surface area contributed by atoms with E-state index in [1.807, 2.05) is 63.3 Å². The molecule has 146 valence electrons. The molecule has 0 saturated heterocycles. The van der Waals surface area contributed by atoms with E-state index < -0.39 is 6.10 Å². The Morgan fingerprint density at radius 2 is 1.72 bits per heavy atom. The maximum absolute atomic E-state index is 10.5. The van der Waals surface area contributed by atoms with Gasteiger partial charge in [0.25, 0.3) is 0 Å². The van der Waals surface area contributed by atoms with E-state index >= 15 is 0 Å². The van der Waals surface area contributed by atoms with Crippen LogP contribution in [0.15, 0.2) is 85.5 Å². The van der Waals surface area contributed by atoms with E-state index in [1.54, 1.807) is 6.07 Å². The summed E-state index contributed by atoms with van der Waals surface area (Å²) in [5.41, 5.74) is 3.99. The molecule has 7 heteroatoms. The minimum atomic E-state index is -0.799. The number of ether oxygens (including phenoxy) is 1. The van der Waals surface area contributed by atoms with Crippen molar-refractivity contribution < 1.29 is 9.84 Å². The van der Waals surface area contributed by atoms with E-state index in [1.165, 1.54) is 6.33 Å². The summed E-state index contributed by atoms with van der Waals surface area (Å²) in [4.78, 5) is 8.22. The number of nitrogens with one attached hydrogen (secondary N) is 2. The first kappa shape index (κ1) is 20.2. The number of aliphatic hydroxyl groups excluding tert-OH is 1. The summed E-state index contributed by atoms with van der Waals surface area (Å²) >= 11 is 0. The second-order valence-electron chi connectivity index (χ2n) is 6.74. The Morgan fingerprint density at radius 3 is 2.38 bits per heavy atom. The summed E-state index contributed by atoms with van der Waals surface area (Å²) in [6, 6.07) is 16.7. The molecular formula is C22H23BN4O2. The molecule has 6 nitrogen and oxygen atoms in total. The van der Waals surface area contributed by atoms with Crippen LogP contribution in [0.5, 0.6) is 11.6 Å². The largest absolute Gasteiger partial charge is 0.439 e.